The highest BCUT2D eigenvalue weighted by molar-refractivity contribution is 7.48. The zero-order chi connectivity index (χ0) is 23.0. The third-order valence-corrected chi connectivity index (χ3v) is 7.49. The van der Waals surface area contributed by atoms with E-state index in [1.165, 1.54) is 5.56 Å². The first-order chi connectivity index (χ1) is 16.0. The summed E-state index contributed by atoms with van der Waals surface area (Å²) in [4.78, 5) is 8.86. The summed E-state index contributed by atoms with van der Waals surface area (Å²) < 4.78 is 32.1. The van der Waals surface area contributed by atoms with E-state index in [9.17, 15) is 4.57 Å². The van der Waals surface area contributed by atoms with Crippen LogP contribution < -0.4 is 5.73 Å². The first-order valence-corrected chi connectivity index (χ1v) is 12.6. The van der Waals surface area contributed by atoms with E-state index in [0.717, 1.165) is 28.4 Å². The molecule has 33 heavy (non-hydrogen) atoms. The third kappa shape index (κ3) is 4.39. The highest BCUT2D eigenvalue weighted by Crippen LogP contribution is 2.54. The molecule has 172 valence electrons. The van der Waals surface area contributed by atoms with Crippen molar-refractivity contribution >= 4 is 35.6 Å². The molecule has 4 aromatic rings. The molecule has 5 rings (SSSR count). The topological polar surface area (TPSA) is 101 Å². The summed E-state index contributed by atoms with van der Waals surface area (Å²) in [7, 11) is -3.65. The van der Waals surface area contributed by atoms with Crippen molar-refractivity contribution in [1.29, 1.82) is 0 Å². The number of para-hydroxylation sites is 1. The number of nitrogen functional groups attached to an aromatic ring is 1. The molecule has 0 radical (unpaired) electrons. The van der Waals surface area contributed by atoms with Crippen molar-refractivity contribution in [3.05, 3.63) is 66.0 Å². The van der Waals surface area contributed by atoms with E-state index >= 15 is 0 Å². The molecule has 1 atom stereocenters. The molecule has 1 unspecified atom stereocenters. The minimum atomic E-state index is -3.65. The van der Waals surface area contributed by atoms with Gasteiger partial charge in [0, 0.05) is 11.3 Å². The van der Waals surface area contributed by atoms with Gasteiger partial charge in [-0.15, -0.1) is 0 Å². The normalized spacial score (nSPS) is 22.1. The lowest BCUT2D eigenvalue weighted by atomic mass is 9.98. The monoisotopic (exact) mass is 466 g/mol. The summed E-state index contributed by atoms with van der Waals surface area (Å²) >= 11 is 0. The Morgan fingerprint density at radius 1 is 1.21 bits per heavy atom. The number of nitrogens with zero attached hydrogens (tertiary/aromatic N) is 3. The number of benzene rings is 2. The zero-order valence-electron chi connectivity index (χ0n) is 18.7. The molecule has 0 spiro atoms. The quantitative estimate of drug-likeness (QED) is 0.396. The van der Waals surface area contributed by atoms with Crippen molar-refractivity contribution in [2.24, 2.45) is 0 Å². The number of pyridine rings is 1. The second-order valence-electron chi connectivity index (χ2n) is 8.36. The number of rotatable bonds is 6. The lowest BCUT2D eigenvalue weighted by molar-refractivity contribution is 0.0388. The van der Waals surface area contributed by atoms with Crippen LogP contribution in [0.15, 0.2) is 54.9 Å². The molecule has 1 saturated heterocycles. The van der Waals surface area contributed by atoms with Crippen LogP contribution in [-0.2, 0) is 31.1 Å². The van der Waals surface area contributed by atoms with Crippen molar-refractivity contribution in [2.45, 2.75) is 38.8 Å². The van der Waals surface area contributed by atoms with Crippen LogP contribution >= 0.6 is 7.82 Å². The van der Waals surface area contributed by atoms with E-state index in [0.29, 0.717) is 17.9 Å². The Morgan fingerprint density at radius 2 is 2.00 bits per heavy atom. The molecule has 9 heteroatoms. The fraction of sp³-hybridized carbons (Fsp3) is 0.333. The highest BCUT2D eigenvalue weighted by atomic mass is 31.2. The molecule has 1 aliphatic rings. The van der Waals surface area contributed by atoms with Crippen molar-refractivity contribution in [1.82, 2.24) is 14.5 Å². The first-order valence-electron chi connectivity index (χ1n) is 11.1. The van der Waals surface area contributed by atoms with Gasteiger partial charge in [-0.2, -0.15) is 0 Å². The molecule has 0 amide bonds. The smallest absolute Gasteiger partial charge is 0.382 e. The van der Waals surface area contributed by atoms with Gasteiger partial charge in [0.1, 0.15) is 5.52 Å². The molecule has 8 nitrogen and oxygen atoms in total. The van der Waals surface area contributed by atoms with Gasteiger partial charge in [-0.05, 0) is 30.5 Å². The average molecular weight is 466 g/mol. The van der Waals surface area contributed by atoms with Gasteiger partial charge in [0.15, 0.2) is 5.82 Å². The van der Waals surface area contributed by atoms with Gasteiger partial charge in [0.2, 0.25) is 0 Å². The maximum absolute atomic E-state index is 13.1. The van der Waals surface area contributed by atoms with Gasteiger partial charge in [-0.25, -0.2) is 14.5 Å². The maximum Gasteiger partial charge on any atom is 0.475 e. The molecule has 2 aromatic heterocycles. The van der Waals surface area contributed by atoms with Gasteiger partial charge in [-0.1, -0.05) is 49.4 Å². The molecular formula is C24H27N4O4P. The van der Waals surface area contributed by atoms with Crippen LogP contribution in [0.2, 0.25) is 0 Å². The molecule has 2 aromatic carbocycles. The van der Waals surface area contributed by atoms with Crippen molar-refractivity contribution < 1.29 is 18.1 Å². The van der Waals surface area contributed by atoms with Crippen LogP contribution in [0.1, 0.15) is 30.9 Å². The van der Waals surface area contributed by atoms with Gasteiger partial charge in [-0.3, -0.25) is 13.6 Å². The molecule has 0 saturated carbocycles. The largest absolute Gasteiger partial charge is 0.475 e. The lowest BCUT2D eigenvalue weighted by Crippen LogP contribution is -2.23. The summed E-state index contributed by atoms with van der Waals surface area (Å²) in [5.74, 6) is 0.401. The van der Waals surface area contributed by atoms with Crippen LogP contribution in [0, 0.1) is 0 Å². The number of fused-ring (bicyclic) bond motifs is 3. The van der Waals surface area contributed by atoms with Crippen molar-refractivity contribution in [2.75, 3.05) is 18.9 Å². The minimum absolute atomic E-state index is 0.0249. The van der Waals surface area contributed by atoms with Crippen LogP contribution in [0.4, 0.5) is 5.82 Å². The second kappa shape index (κ2) is 8.88. The van der Waals surface area contributed by atoms with Crippen LogP contribution in [-0.4, -0.2) is 33.9 Å². The maximum atomic E-state index is 13.1. The van der Waals surface area contributed by atoms with Crippen molar-refractivity contribution in [3.8, 4) is 0 Å². The molecule has 1 fully saturated rings. The predicted octanol–water partition coefficient (Wildman–Crippen LogP) is 5.07. The summed E-state index contributed by atoms with van der Waals surface area (Å²) in [5.41, 5.74) is 10.8. The van der Waals surface area contributed by atoms with E-state index < -0.39 is 13.9 Å². The molecule has 2 N–H and O–H groups in total. The number of nitrogens with two attached hydrogens (primary N) is 1. The Balaban J connectivity index is 1.29. The summed E-state index contributed by atoms with van der Waals surface area (Å²) in [6.45, 7) is 4.94. The fourth-order valence-corrected chi connectivity index (χ4v) is 5.67. The Bertz CT molecular complexity index is 1340. The van der Waals surface area contributed by atoms with E-state index in [-0.39, 0.29) is 19.1 Å². The Labute approximate surface area is 192 Å². The molecule has 0 bridgehead atoms. The number of anilines is 1. The predicted molar refractivity (Wildman–Crippen MR) is 128 cm³/mol. The van der Waals surface area contributed by atoms with Crippen LogP contribution in [0.3, 0.4) is 0 Å². The Kier molecular flexibility index (Phi) is 5.93. The third-order valence-electron chi connectivity index (χ3n) is 5.94. The number of hydrogen-bond donors (Lipinski definition) is 1. The standard InChI is InChI=1S/C24H27N4O4P/c1-3-17-7-6-8-18(11-17)19-13-30-33(29,31-14-19)32-16(2)12-28-15-26-22-23(28)20-9-4-5-10-21(20)27-24(22)25/h4-11,15-16,19H,3,12-14H2,1-2H3,(H2,25,27). The highest BCUT2D eigenvalue weighted by Gasteiger charge is 2.36. The second-order valence-corrected chi connectivity index (χ2v) is 9.98. The zero-order valence-corrected chi connectivity index (χ0v) is 19.6. The Hall–Kier alpha value is -2.77. The number of imidazole rings is 1. The molecule has 1 aliphatic heterocycles. The number of hydrogen-bond acceptors (Lipinski definition) is 7. The lowest BCUT2D eigenvalue weighted by Gasteiger charge is -2.30. The van der Waals surface area contributed by atoms with Gasteiger partial charge in [0.25, 0.3) is 0 Å². The van der Waals surface area contributed by atoms with Gasteiger partial charge < -0.3 is 10.3 Å². The van der Waals surface area contributed by atoms with Gasteiger partial charge in [0.05, 0.1) is 43.2 Å². The number of phosphoric ester groups is 1. The van der Waals surface area contributed by atoms with Crippen molar-refractivity contribution in [3.63, 3.8) is 0 Å². The number of aryl methyl sites for hydroxylation is 1. The number of aromatic nitrogens is 3. The molecule has 3 heterocycles. The Morgan fingerprint density at radius 3 is 2.79 bits per heavy atom. The SMILES string of the molecule is CCc1cccc(C2COP(=O)(OC(C)Cn3cnc4c(N)nc5ccccc5c43)OC2)c1. The van der Waals surface area contributed by atoms with E-state index in [4.69, 9.17) is 19.3 Å². The number of phosphoric acid groups is 1. The van der Waals surface area contributed by atoms with Gasteiger partial charge >= 0.3 is 7.82 Å². The van der Waals surface area contributed by atoms with E-state index in [1.54, 1.807) is 6.33 Å². The van der Waals surface area contributed by atoms with Crippen LogP contribution in [0.5, 0.6) is 0 Å². The molecule has 0 aliphatic carbocycles. The molecular weight excluding hydrogens is 439 g/mol. The first kappa shape index (κ1) is 22.0. The summed E-state index contributed by atoms with van der Waals surface area (Å²) in [5, 5.41) is 0.945. The fourth-order valence-electron chi connectivity index (χ4n) is 4.24. The minimum Gasteiger partial charge on any atom is -0.382 e. The summed E-state index contributed by atoms with van der Waals surface area (Å²) in [6.07, 6.45) is 2.22. The van der Waals surface area contributed by atoms with E-state index in [1.807, 2.05) is 47.9 Å². The van der Waals surface area contributed by atoms with Crippen LogP contribution in [0.25, 0.3) is 21.9 Å². The van der Waals surface area contributed by atoms with E-state index in [2.05, 4.69) is 29.0 Å². The summed E-state index contributed by atoms with van der Waals surface area (Å²) in [6, 6.07) is 16.1. The average Bonchev–Trinajstić information content (AvgIpc) is 3.24.